The Morgan fingerprint density at radius 3 is 2.75 bits per heavy atom. The number of nitrogens with zero attached hydrogens (tertiary/aromatic N) is 4. The zero-order chi connectivity index (χ0) is 21.9. The highest BCUT2D eigenvalue weighted by atomic mass is 16.5. The van der Waals surface area contributed by atoms with Crippen LogP contribution in [0.5, 0.6) is 5.75 Å². The van der Waals surface area contributed by atoms with Crippen LogP contribution in [0.4, 0.5) is 22.0 Å². The molecular formula is C25H27N5O2. The summed E-state index contributed by atoms with van der Waals surface area (Å²) in [5.74, 6) is 1.17. The lowest BCUT2D eigenvalue weighted by atomic mass is 10.1. The molecule has 2 aromatic heterocycles. The first-order valence-electron chi connectivity index (χ1n) is 11.2. The number of pyridine rings is 2. The van der Waals surface area contributed by atoms with Gasteiger partial charge < -0.3 is 15.0 Å². The second kappa shape index (κ2) is 8.86. The van der Waals surface area contributed by atoms with E-state index in [9.17, 15) is 4.79 Å². The molecule has 2 amide bonds. The van der Waals surface area contributed by atoms with E-state index in [1.54, 1.807) is 17.3 Å². The first kappa shape index (κ1) is 20.3. The third kappa shape index (κ3) is 4.23. The molecule has 0 saturated carbocycles. The summed E-state index contributed by atoms with van der Waals surface area (Å²) in [6.07, 6.45) is 6.61. The molecule has 1 fully saturated rings. The number of aryl methyl sites for hydroxylation is 1. The second-order valence-electron chi connectivity index (χ2n) is 8.30. The lowest BCUT2D eigenvalue weighted by Crippen LogP contribution is -2.36. The van der Waals surface area contributed by atoms with Crippen molar-refractivity contribution >= 4 is 23.2 Å². The number of amides is 2. The van der Waals surface area contributed by atoms with E-state index < -0.39 is 0 Å². The van der Waals surface area contributed by atoms with E-state index in [0.717, 1.165) is 36.3 Å². The van der Waals surface area contributed by atoms with Gasteiger partial charge in [0.15, 0.2) is 11.6 Å². The van der Waals surface area contributed by atoms with Crippen LogP contribution in [0.2, 0.25) is 0 Å². The number of benzene rings is 1. The average molecular weight is 430 g/mol. The molecule has 4 heterocycles. The molecule has 2 aliphatic heterocycles. The van der Waals surface area contributed by atoms with Gasteiger partial charge in [-0.2, -0.15) is 0 Å². The van der Waals surface area contributed by atoms with Gasteiger partial charge in [-0.05, 0) is 62.1 Å². The Balaban J connectivity index is 1.46. The number of hydrogen-bond donors (Lipinski definition) is 1. The van der Waals surface area contributed by atoms with Crippen LogP contribution in [-0.4, -0.2) is 42.2 Å². The van der Waals surface area contributed by atoms with Crippen molar-refractivity contribution in [3.05, 3.63) is 60.4 Å². The molecule has 7 heteroatoms. The van der Waals surface area contributed by atoms with Crippen LogP contribution in [0.25, 0.3) is 11.3 Å². The maximum absolute atomic E-state index is 13.2. The molecule has 164 valence electrons. The predicted octanol–water partition coefficient (Wildman–Crippen LogP) is 4.87. The Morgan fingerprint density at radius 1 is 1.03 bits per heavy atom. The zero-order valence-electron chi connectivity index (χ0n) is 18.3. The van der Waals surface area contributed by atoms with Gasteiger partial charge in [0.2, 0.25) is 0 Å². The lowest BCUT2D eigenvalue weighted by Gasteiger charge is -2.22. The standard InChI is InChI=1S/C25H27N5O2/c1-18-14-20(17-26-16-18)27-25(31)30-12-5-13-32-23-9-8-22(28-24(23)30)19-6-4-7-21(15-19)29-10-2-3-11-29/h4,6-9,14-17H,2-3,5,10-13H2,1H3,(H,27,31). The second-order valence-corrected chi connectivity index (χ2v) is 8.30. The first-order valence-corrected chi connectivity index (χ1v) is 11.2. The summed E-state index contributed by atoms with van der Waals surface area (Å²) >= 11 is 0. The molecule has 0 bridgehead atoms. The van der Waals surface area contributed by atoms with E-state index in [0.29, 0.717) is 30.4 Å². The van der Waals surface area contributed by atoms with Crippen LogP contribution in [0, 0.1) is 6.92 Å². The van der Waals surface area contributed by atoms with Gasteiger partial charge in [-0.3, -0.25) is 9.88 Å². The fourth-order valence-electron chi connectivity index (χ4n) is 4.26. The van der Waals surface area contributed by atoms with Crippen LogP contribution in [0.1, 0.15) is 24.8 Å². The van der Waals surface area contributed by atoms with Crippen molar-refractivity contribution in [1.82, 2.24) is 9.97 Å². The van der Waals surface area contributed by atoms with Gasteiger partial charge in [-0.15, -0.1) is 0 Å². The summed E-state index contributed by atoms with van der Waals surface area (Å²) in [6.45, 7) is 5.21. The van der Waals surface area contributed by atoms with E-state index in [1.165, 1.54) is 18.5 Å². The maximum atomic E-state index is 13.2. The number of anilines is 3. The molecule has 1 N–H and O–H groups in total. The number of ether oxygens (including phenoxy) is 1. The highest BCUT2D eigenvalue weighted by Crippen LogP contribution is 2.34. The van der Waals surface area contributed by atoms with Gasteiger partial charge in [0.05, 0.1) is 24.2 Å². The molecule has 2 aliphatic rings. The Morgan fingerprint density at radius 2 is 1.91 bits per heavy atom. The van der Waals surface area contributed by atoms with E-state index in [4.69, 9.17) is 9.72 Å². The summed E-state index contributed by atoms with van der Waals surface area (Å²) in [5, 5.41) is 2.95. The molecule has 7 nitrogen and oxygen atoms in total. The predicted molar refractivity (Wildman–Crippen MR) is 127 cm³/mol. The molecule has 1 saturated heterocycles. The Labute approximate surface area is 188 Å². The molecule has 5 rings (SSSR count). The minimum Gasteiger partial charge on any atom is -0.490 e. The summed E-state index contributed by atoms with van der Waals surface area (Å²) in [7, 11) is 0. The van der Waals surface area contributed by atoms with Crippen molar-refractivity contribution in [3.63, 3.8) is 0 Å². The normalized spacial score (nSPS) is 15.7. The molecule has 0 spiro atoms. The number of hydrogen-bond acceptors (Lipinski definition) is 5. The topological polar surface area (TPSA) is 70.6 Å². The van der Waals surface area contributed by atoms with Crippen molar-refractivity contribution in [3.8, 4) is 17.0 Å². The van der Waals surface area contributed by atoms with Crippen molar-refractivity contribution in [1.29, 1.82) is 0 Å². The number of rotatable bonds is 3. The molecule has 0 atom stereocenters. The Hall–Kier alpha value is -3.61. The number of aromatic nitrogens is 2. The quantitative estimate of drug-likeness (QED) is 0.643. The third-order valence-corrected chi connectivity index (χ3v) is 5.86. The van der Waals surface area contributed by atoms with Gasteiger partial charge in [0.1, 0.15) is 0 Å². The molecule has 1 aromatic carbocycles. The molecule has 0 unspecified atom stereocenters. The first-order chi connectivity index (χ1) is 15.7. The van der Waals surface area contributed by atoms with Gasteiger partial charge >= 0.3 is 6.03 Å². The number of carbonyl (C=O) groups excluding carboxylic acids is 1. The fraction of sp³-hybridized carbons (Fsp3) is 0.320. The summed E-state index contributed by atoms with van der Waals surface area (Å²) in [5.41, 5.74) is 4.72. The van der Waals surface area contributed by atoms with Crippen molar-refractivity contribution in [2.24, 2.45) is 0 Å². The third-order valence-electron chi connectivity index (χ3n) is 5.86. The lowest BCUT2D eigenvalue weighted by molar-refractivity contribution is 0.256. The largest absolute Gasteiger partial charge is 0.490 e. The minimum atomic E-state index is -0.236. The Bertz CT molecular complexity index is 1130. The van der Waals surface area contributed by atoms with Crippen molar-refractivity contribution in [2.75, 3.05) is 41.4 Å². The van der Waals surface area contributed by atoms with Gasteiger partial charge in [-0.25, -0.2) is 9.78 Å². The monoisotopic (exact) mass is 429 g/mol. The van der Waals surface area contributed by atoms with Crippen molar-refractivity contribution < 1.29 is 9.53 Å². The summed E-state index contributed by atoms with van der Waals surface area (Å²) in [4.78, 5) is 26.3. The van der Waals surface area contributed by atoms with E-state index in [-0.39, 0.29) is 6.03 Å². The summed E-state index contributed by atoms with van der Waals surface area (Å²) < 4.78 is 5.89. The van der Waals surface area contributed by atoms with Gasteiger partial charge in [-0.1, -0.05) is 12.1 Å². The average Bonchev–Trinajstić information content (AvgIpc) is 3.26. The van der Waals surface area contributed by atoms with Gasteiger partial charge in [0, 0.05) is 37.1 Å². The van der Waals surface area contributed by atoms with E-state index in [1.807, 2.05) is 25.1 Å². The van der Waals surface area contributed by atoms with Crippen LogP contribution in [0.15, 0.2) is 54.9 Å². The number of nitrogens with one attached hydrogen (secondary N) is 1. The summed E-state index contributed by atoms with van der Waals surface area (Å²) in [6, 6.07) is 14.0. The number of urea groups is 1. The number of fused-ring (bicyclic) bond motifs is 1. The highest BCUT2D eigenvalue weighted by molar-refractivity contribution is 6.02. The molecule has 3 aromatic rings. The van der Waals surface area contributed by atoms with Gasteiger partial charge in [0.25, 0.3) is 0 Å². The van der Waals surface area contributed by atoms with E-state index >= 15 is 0 Å². The van der Waals surface area contributed by atoms with Crippen LogP contribution < -0.4 is 19.9 Å². The minimum absolute atomic E-state index is 0.236. The van der Waals surface area contributed by atoms with Crippen molar-refractivity contribution in [2.45, 2.75) is 26.2 Å². The van der Waals surface area contributed by atoms with Crippen LogP contribution >= 0.6 is 0 Å². The molecular weight excluding hydrogens is 402 g/mol. The van der Waals surface area contributed by atoms with Crippen LogP contribution in [-0.2, 0) is 0 Å². The zero-order valence-corrected chi connectivity index (χ0v) is 18.3. The maximum Gasteiger partial charge on any atom is 0.327 e. The number of carbonyl (C=O) groups is 1. The molecule has 0 radical (unpaired) electrons. The molecule has 32 heavy (non-hydrogen) atoms. The van der Waals surface area contributed by atoms with Crippen LogP contribution in [0.3, 0.4) is 0 Å². The SMILES string of the molecule is Cc1cncc(NC(=O)N2CCCOc3ccc(-c4cccc(N5CCCC5)c4)nc32)c1. The molecule has 0 aliphatic carbocycles. The Kier molecular flexibility index (Phi) is 5.62. The van der Waals surface area contributed by atoms with E-state index in [2.05, 4.69) is 39.5 Å². The highest BCUT2D eigenvalue weighted by Gasteiger charge is 2.25. The smallest absolute Gasteiger partial charge is 0.327 e. The fourth-order valence-corrected chi connectivity index (χ4v) is 4.26.